The van der Waals surface area contributed by atoms with Gasteiger partial charge in [-0.3, -0.25) is 9.47 Å². The average molecular weight is 467 g/mol. The van der Waals surface area contributed by atoms with Gasteiger partial charge in [-0.25, -0.2) is 15.0 Å². The zero-order valence-corrected chi connectivity index (χ0v) is 19.5. The van der Waals surface area contributed by atoms with Gasteiger partial charge in [0, 0.05) is 31.6 Å². The molecule has 2 aliphatic rings. The first-order chi connectivity index (χ1) is 17.2. The van der Waals surface area contributed by atoms with Crippen molar-refractivity contribution in [2.45, 2.75) is 6.67 Å². The lowest BCUT2D eigenvalue weighted by Crippen LogP contribution is -2.46. The molecule has 0 unspecified atom stereocenters. The van der Waals surface area contributed by atoms with Gasteiger partial charge in [0.1, 0.15) is 11.4 Å². The van der Waals surface area contributed by atoms with E-state index in [2.05, 4.69) is 30.8 Å². The van der Waals surface area contributed by atoms with Crippen molar-refractivity contribution in [1.82, 2.24) is 9.47 Å². The second-order valence-electron chi connectivity index (χ2n) is 8.66. The Bertz CT molecular complexity index is 1510. The van der Waals surface area contributed by atoms with Crippen LogP contribution in [0.25, 0.3) is 10.9 Å². The molecule has 0 atom stereocenters. The van der Waals surface area contributed by atoms with Crippen LogP contribution in [0.2, 0.25) is 0 Å². The number of piperazine rings is 1. The molecule has 4 aromatic rings. The third-order valence-corrected chi connectivity index (χ3v) is 6.59. The van der Waals surface area contributed by atoms with Crippen molar-refractivity contribution >= 4 is 28.2 Å². The van der Waals surface area contributed by atoms with Crippen LogP contribution in [0.3, 0.4) is 0 Å². The summed E-state index contributed by atoms with van der Waals surface area (Å²) in [6, 6.07) is 23.7. The predicted octanol–water partition coefficient (Wildman–Crippen LogP) is 3.08. The number of ether oxygens (including phenoxy) is 1. The molecule has 0 aliphatic carbocycles. The molecule has 1 saturated heterocycles. The minimum Gasteiger partial charge on any atom is -0.495 e. The van der Waals surface area contributed by atoms with E-state index in [0.29, 0.717) is 18.3 Å². The maximum absolute atomic E-state index is 11.2. The molecular weight excluding hydrogens is 440 g/mol. The fourth-order valence-electron chi connectivity index (χ4n) is 4.79. The largest absolute Gasteiger partial charge is 0.495 e. The van der Waals surface area contributed by atoms with Crippen LogP contribution in [-0.2, 0) is 6.67 Å². The molecule has 2 aliphatic heterocycles. The number of anilines is 1. The summed E-state index contributed by atoms with van der Waals surface area (Å²) < 4.78 is 7.47. The summed E-state index contributed by atoms with van der Waals surface area (Å²) >= 11 is 0. The average Bonchev–Trinajstić information content (AvgIpc) is 3.43. The molecule has 0 radical (unpaired) electrons. The third kappa shape index (κ3) is 3.91. The van der Waals surface area contributed by atoms with Crippen molar-refractivity contribution < 1.29 is 9.84 Å². The molecule has 6 rings (SSSR count). The highest BCUT2D eigenvalue weighted by atomic mass is 16.5. The maximum atomic E-state index is 11.2. The van der Waals surface area contributed by atoms with E-state index in [1.165, 1.54) is 0 Å². The molecule has 8 nitrogen and oxygen atoms in total. The lowest BCUT2D eigenvalue weighted by molar-refractivity contribution is 0.200. The minimum absolute atomic E-state index is 0.132. The normalized spacial score (nSPS) is 15.6. The smallest absolute Gasteiger partial charge is 0.251 e. The topological polar surface area (TPSA) is 78.0 Å². The first kappa shape index (κ1) is 21.4. The van der Waals surface area contributed by atoms with Crippen LogP contribution in [0.15, 0.2) is 87.8 Å². The number of rotatable bonds is 5. The first-order valence-electron chi connectivity index (χ1n) is 11.7. The van der Waals surface area contributed by atoms with Gasteiger partial charge in [0.25, 0.3) is 5.96 Å². The second kappa shape index (κ2) is 8.88. The number of methoxy groups -OCH3 is 1. The first-order valence-corrected chi connectivity index (χ1v) is 11.7. The summed E-state index contributed by atoms with van der Waals surface area (Å²) in [6.07, 6.45) is 0. The fraction of sp³-hybridized carbons (Fsp3) is 0.222. The van der Waals surface area contributed by atoms with E-state index in [0.717, 1.165) is 59.2 Å². The summed E-state index contributed by atoms with van der Waals surface area (Å²) in [5.74, 6) is 1.38. The number of aliphatic imine (C=N–C) groups is 1. The highest BCUT2D eigenvalue weighted by Gasteiger charge is 2.23. The zero-order valence-electron chi connectivity index (χ0n) is 19.5. The summed E-state index contributed by atoms with van der Waals surface area (Å²) in [5, 5.41) is 13.7. The molecule has 176 valence electrons. The van der Waals surface area contributed by atoms with Crippen molar-refractivity contribution in [3.8, 4) is 11.6 Å². The van der Waals surface area contributed by atoms with E-state index in [1.54, 1.807) is 7.11 Å². The van der Waals surface area contributed by atoms with Gasteiger partial charge in [-0.05, 0) is 30.3 Å². The standard InChI is InChI=1S/C27H26N6O2/c1-35-24-13-7-6-12-23(24)32-16-14-31(15-17-32)18-33-22-11-5-2-8-19(22)25(26(33)34)30-27-28-20-9-3-4-10-21(20)29-27/h2-13,34H,14-18H2,1H3. The van der Waals surface area contributed by atoms with Crippen LogP contribution in [-0.4, -0.2) is 53.8 Å². The van der Waals surface area contributed by atoms with E-state index in [-0.39, 0.29) is 5.88 Å². The SMILES string of the molecule is COc1ccccc1N1CCN(Cn2c(O)c(N=C3N=c4ccccc4=N3)c3ccccc32)CC1. The maximum Gasteiger partial charge on any atom is 0.251 e. The number of fused-ring (bicyclic) bond motifs is 2. The van der Waals surface area contributed by atoms with Crippen LogP contribution in [0.4, 0.5) is 11.4 Å². The van der Waals surface area contributed by atoms with Gasteiger partial charge < -0.3 is 14.7 Å². The Morgan fingerprint density at radius 2 is 1.51 bits per heavy atom. The van der Waals surface area contributed by atoms with Gasteiger partial charge in [0.15, 0.2) is 0 Å². The van der Waals surface area contributed by atoms with Crippen LogP contribution < -0.4 is 20.4 Å². The lowest BCUT2D eigenvalue weighted by atomic mass is 10.2. The molecule has 35 heavy (non-hydrogen) atoms. The number of aromatic nitrogens is 1. The van der Waals surface area contributed by atoms with Crippen molar-refractivity contribution in [1.29, 1.82) is 0 Å². The van der Waals surface area contributed by atoms with Crippen molar-refractivity contribution in [2.24, 2.45) is 15.0 Å². The Balaban J connectivity index is 1.26. The van der Waals surface area contributed by atoms with Crippen LogP contribution >= 0.6 is 0 Å². The molecule has 1 aromatic heterocycles. The van der Waals surface area contributed by atoms with Gasteiger partial charge in [-0.2, -0.15) is 0 Å². The molecule has 1 fully saturated rings. The van der Waals surface area contributed by atoms with Crippen LogP contribution in [0.1, 0.15) is 0 Å². The zero-order chi connectivity index (χ0) is 23.8. The second-order valence-corrected chi connectivity index (χ2v) is 8.66. The molecule has 3 aromatic carbocycles. The summed E-state index contributed by atoms with van der Waals surface area (Å²) in [7, 11) is 1.71. The van der Waals surface area contributed by atoms with Crippen molar-refractivity contribution in [3.63, 3.8) is 0 Å². The highest BCUT2D eigenvalue weighted by Crippen LogP contribution is 2.39. The highest BCUT2D eigenvalue weighted by molar-refractivity contribution is 5.98. The molecular formula is C27H26N6O2. The van der Waals surface area contributed by atoms with Gasteiger partial charge in [0.2, 0.25) is 5.88 Å². The number of hydrogen-bond acceptors (Lipinski definition) is 5. The Hall–Kier alpha value is -4.17. The summed E-state index contributed by atoms with van der Waals surface area (Å²) in [4.78, 5) is 18.4. The number of para-hydroxylation sites is 5. The molecule has 1 N–H and O–H groups in total. The Morgan fingerprint density at radius 1 is 0.857 bits per heavy atom. The van der Waals surface area contributed by atoms with Gasteiger partial charge >= 0.3 is 0 Å². The van der Waals surface area contributed by atoms with Crippen LogP contribution in [0.5, 0.6) is 11.6 Å². The molecule has 0 bridgehead atoms. The molecule has 0 saturated carbocycles. The third-order valence-electron chi connectivity index (χ3n) is 6.59. The van der Waals surface area contributed by atoms with Crippen molar-refractivity contribution in [3.05, 3.63) is 83.5 Å². The number of nitrogens with zero attached hydrogens (tertiary/aromatic N) is 6. The number of hydrogen-bond donors (Lipinski definition) is 1. The predicted molar refractivity (Wildman–Crippen MR) is 136 cm³/mol. The van der Waals surface area contributed by atoms with E-state index in [4.69, 9.17) is 4.74 Å². The minimum atomic E-state index is 0.132. The van der Waals surface area contributed by atoms with E-state index in [1.807, 2.05) is 71.3 Å². The fourth-order valence-corrected chi connectivity index (χ4v) is 4.79. The monoisotopic (exact) mass is 466 g/mol. The number of aromatic hydroxyl groups is 1. The summed E-state index contributed by atoms with van der Waals surface area (Å²) in [6.45, 7) is 4.07. The van der Waals surface area contributed by atoms with E-state index in [9.17, 15) is 5.11 Å². The number of guanidine groups is 1. The van der Waals surface area contributed by atoms with E-state index < -0.39 is 0 Å². The molecule has 0 amide bonds. The molecule has 3 heterocycles. The Labute approximate surface area is 202 Å². The Morgan fingerprint density at radius 3 is 2.26 bits per heavy atom. The van der Waals surface area contributed by atoms with Crippen molar-refractivity contribution in [2.75, 3.05) is 38.2 Å². The summed E-state index contributed by atoms with van der Waals surface area (Å²) in [5.41, 5.74) is 2.56. The lowest BCUT2D eigenvalue weighted by Gasteiger charge is -2.36. The molecule has 0 spiro atoms. The molecule has 8 heteroatoms. The quantitative estimate of drug-likeness (QED) is 0.490. The van der Waals surface area contributed by atoms with Crippen LogP contribution in [0, 0.1) is 0 Å². The van der Waals surface area contributed by atoms with Gasteiger partial charge in [-0.15, -0.1) is 0 Å². The van der Waals surface area contributed by atoms with E-state index >= 15 is 0 Å². The van der Waals surface area contributed by atoms with Gasteiger partial charge in [-0.1, -0.05) is 42.5 Å². The number of benzene rings is 3. The Kier molecular flexibility index (Phi) is 5.42. The van der Waals surface area contributed by atoms with Gasteiger partial charge in [0.05, 0.1) is 35.7 Å².